The quantitative estimate of drug-likeness (QED) is 0.684. The Hall–Kier alpha value is -2.62. The van der Waals surface area contributed by atoms with Crippen molar-refractivity contribution in [2.24, 2.45) is 4.99 Å². The second-order valence-electron chi connectivity index (χ2n) is 5.01. The number of carbonyl (C=O) groups is 1. The third-order valence-corrected chi connectivity index (χ3v) is 3.10. The van der Waals surface area contributed by atoms with Gasteiger partial charge in [0.25, 0.3) is 0 Å². The molecule has 2 aromatic carbocycles. The Morgan fingerprint density at radius 1 is 1.00 bits per heavy atom. The van der Waals surface area contributed by atoms with Crippen molar-refractivity contribution in [2.45, 2.75) is 20.8 Å². The van der Waals surface area contributed by atoms with E-state index < -0.39 is 6.09 Å². The van der Waals surface area contributed by atoms with Gasteiger partial charge in [-0.15, -0.1) is 0 Å². The highest BCUT2D eigenvalue weighted by atomic mass is 16.5. The van der Waals surface area contributed by atoms with Crippen molar-refractivity contribution in [3.63, 3.8) is 0 Å². The van der Waals surface area contributed by atoms with Crippen LogP contribution in [0.25, 0.3) is 0 Å². The monoisotopic (exact) mass is 296 g/mol. The minimum atomic E-state index is -0.506. The number of hydrogen-bond acceptors (Lipinski definition) is 3. The van der Waals surface area contributed by atoms with Gasteiger partial charge in [-0.25, -0.2) is 9.79 Å². The lowest BCUT2D eigenvalue weighted by molar-refractivity contribution is 0.158. The van der Waals surface area contributed by atoms with Gasteiger partial charge in [0, 0.05) is 5.56 Å². The predicted molar refractivity (Wildman–Crippen MR) is 88.7 cm³/mol. The highest BCUT2D eigenvalue weighted by molar-refractivity contribution is 6.07. The summed E-state index contributed by atoms with van der Waals surface area (Å²) in [4.78, 5) is 16.3. The number of aliphatic imine (C=N–C) groups is 1. The Kier molecular flexibility index (Phi) is 5.31. The molecule has 1 amide bonds. The molecular formula is C18H20N2O2. The molecule has 4 nitrogen and oxygen atoms in total. The number of nitrogens with one attached hydrogen (secondary N) is 1. The van der Waals surface area contributed by atoms with Crippen LogP contribution in [0.3, 0.4) is 0 Å². The second kappa shape index (κ2) is 7.41. The van der Waals surface area contributed by atoms with E-state index in [1.165, 1.54) is 0 Å². The van der Waals surface area contributed by atoms with E-state index in [1.54, 1.807) is 6.92 Å². The number of alkyl carbamates (subject to hydrolysis) is 1. The zero-order chi connectivity index (χ0) is 15.9. The minimum absolute atomic E-state index is 0.317. The number of hydrogen-bond donors (Lipinski definition) is 1. The summed E-state index contributed by atoms with van der Waals surface area (Å²) in [7, 11) is 0. The van der Waals surface area contributed by atoms with Gasteiger partial charge in [0.15, 0.2) is 0 Å². The van der Waals surface area contributed by atoms with Gasteiger partial charge < -0.3 is 4.74 Å². The smallest absolute Gasteiger partial charge is 0.412 e. The lowest BCUT2D eigenvalue weighted by Gasteiger charge is -2.09. The van der Waals surface area contributed by atoms with Crippen LogP contribution in [0.15, 0.2) is 53.5 Å². The lowest BCUT2D eigenvalue weighted by atomic mass is 10.1. The minimum Gasteiger partial charge on any atom is -0.450 e. The first-order valence-corrected chi connectivity index (χ1v) is 7.24. The molecule has 0 atom stereocenters. The summed E-state index contributed by atoms with van der Waals surface area (Å²) in [6.07, 6.45) is -0.506. The van der Waals surface area contributed by atoms with Crippen molar-refractivity contribution in [2.75, 3.05) is 6.61 Å². The molecule has 2 aromatic rings. The number of nitrogens with zero attached hydrogens (tertiary/aromatic N) is 1. The molecule has 22 heavy (non-hydrogen) atoms. The average Bonchev–Trinajstić information content (AvgIpc) is 2.50. The molecule has 0 spiro atoms. The highest BCUT2D eigenvalue weighted by Crippen LogP contribution is 2.15. The van der Waals surface area contributed by atoms with Crippen molar-refractivity contribution in [3.05, 3.63) is 65.2 Å². The van der Waals surface area contributed by atoms with Gasteiger partial charge in [-0.1, -0.05) is 47.5 Å². The van der Waals surface area contributed by atoms with Crippen molar-refractivity contribution in [1.82, 2.24) is 5.32 Å². The molecule has 0 unspecified atom stereocenters. The maximum absolute atomic E-state index is 11.7. The number of ether oxygens (including phenoxy) is 1. The highest BCUT2D eigenvalue weighted by Gasteiger charge is 2.09. The lowest BCUT2D eigenvalue weighted by Crippen LogP contribution is -2.31. The fourth-order valence-corrected chi connectivity index (χ4v) is 1.89. The van der Waals surface area contributed by atoms with Crippen LogP contribution in [-0.4, -0.2) is 18.5 Å². The molecule has 0 aromatic heterocycles. The summed E-state index contributed by atoms with van der Waals surface area (Å²) >= 11 is 0. The van der Waals surface area contributed by atoms with Crippen molar-refractivity contribution in [1.29, 1.82) is 0 Å². The Morgan fingerprint density at radius 2 is 1.55 bits per heavy atom. The fourth-order valence-electron chi connectivity index (χ4n) is 1.89. The van der Waals surface area contributed by atoms with Gasteiger partial charge >= 0.3 is 6.09 Å². The summed E-state index contributed by atoms with van der Waals surface area (Å²) in [5.74, 6) is 0.474. The summed E-state index contributed by atoms with van der Waals surface area (Å²) in [6.45, 7) is 6.12. The van der Waals surface area contributed by atoms with E-state index in [4.69, 9.17) is 4.74 Å². The van der Waals surface area contributed by atoms with Gasteiger partial charge in [-0.3, -0.25) is 5.32 Å². The van der Waals surface area contributed by atoms with E-state index in [0.29, 0.717) is 12.4 Å². The summed E-state index contributed by atoms with van der Waals surface area (Å²) in [6, 6.07) is 15.6. The Balaban J connectivity index is 2.33. The molecule has 2 rings (SSSR count). The second-order valence-corrected chi connectivity index (χ2v) is 5.01. The molecule has 0 saturated heterocycles. The molecule has 0 heterocycles. The Labute approximate surface area is 130 Å². The van der Waals surface area contributed by atoms with Crippen molar-refractivity contribution < 1.29 is 9.53 Å². The van der Waals surface area contributed by atoms with Gasteiger partial charge in [0.1, 0.15) is 5.84 Å². The summed E-state index contributed by atoms with van der Waals surface area (Å²) < 4.78 is 4.94. The van der Waals surface area contributed by atoms with Crippen LogP contribution < -0.4 is 5.32 Å². The molecule has 0 bridgehead atoms. The molecule has 4 heteroatoms. The van der Waals surface area contributed by atoms with Crippen molar-refractivity contribution >= 4 is 17.6 Å². The molecule has 1 N–H and O–H groups in total. The standard InChI is InChI=1S/C18H20N2O2/c1-4-22-18(21)20-17(15-9-5-13(2)6-10-15)19-16-11-7-14(3)8-12-16/h5-12H,4H2,1-3H3,(H,19,20,21). The zero-order valence-corrected chi connectivity index (χ0v) is 13.1. The zero-order valence-electron chi connectivity index (χ0n) is 13.1. The van der Waals surface area contributed by atoms with Crippen LogP contribution in [0, 0.1) is 13.8 Å². The van der Waals surface area contributed by atoms with E-state index in [1.807, 2.05) is 62.4 Å². The van der Waals surface area contributed by atoms with Crippen LogP contribution in [0.5, 0.6) is 0 Å². The van der Waals surface area contributed by atoms with Crippen LogP contribution in [0.2, 0.25) is 0 Å². The number of aryl methyl sites for hydroxylation is 2. The van der Waals surface area contributed by atoms with Crippen LogP contribution >= 0.6 is 0 Å². The van der Waals surface area contributed by atoms with Crippen LogP contribution in [-0.2, 0) is 4.74 Å². The third kappa shape index (κ3) is 4.45. The number of amidine groups is 1. The number of rotatable bonds is 3. The number of carbonyl (C=O) groups excluding carboxylic acids is 1. The molecular weight excluding hydrogens is 276 g/mol. The van der Waals surface area contributed by atoms with Gasteiger partial charge in [-0.2, -0.15) is 0 Å². The maximum Gasteiger partial charge on any atom is 0.412 e. The summed E-state index contributed by atoms with van der Waals surface area (Å²) in [5, 5.41) is 2.71. The van der Waals surface area contributed by atoms with E-state index in [2.05, 4.69) is 10.3 Å². The first-order chi connectivity index (χ1) is 10.6. The Bertz CT molecular complexity index is 658. The molecule has 0 aliphatic heterocycles. The average molecular weight is 296 g/mol. The van der Waals surface area contributed by atoms with Gasteiger partial charge in [0.2, 0.25) is 0 Å². The largest absolute Gasteiger partial charge is 0.450 e. The first kappa shape index (κ1) is 15.8. The SMILES string of the molecule is CCOC(=O)NC(=Nc1ccc(C)cc1)c1ccc(C)cc1. The normalized spacial score (nSPS) is 11.1. The number of benzene rings is 2. The van der Waals surface area contributed by atoms with Gasteiger partial charge in [-0.05, 0) is 32.9 Å². The molecule has 0 aliphatic carbocycles. The van der Waals surface area contributed by atoms with E-state index in [9.17, 15) is 4.79 Å². The molecule has 0 saturated carbocycles. The Morgan fingerprint density at radius 3 is 2.09 bits per heavy atom. The van der Waals surface area contributed by atoms with Crippen LogP contribution in [0.4, 0.5) is 10.5 Å². The van der Waals surface area contributed by atoms with E-state index in [-0.39, 0.29) is 0 Å². The maximum atomic E-state index is 11.7. The molecule has 0 radical (unpaired) electrons. The molecule has 0 fully saturated rings. The predicted octanol–water partition coefficient (Wildman–Crippen LogP) is 4.13. The van der Waals surface area contributed by atoms with E-state index in [0.717, 1.165) is 22.4 Å². The van der Waals surface area contributed by atoms with Gasteiger partial charge in [0.05, 0.1) is 12.3 Å². The van der Waals surface area contributed by atoms with Crippen molar-refractivity contribution in [3.8, 4) is 0 Å². The molecule has 0 aliphatic rings. The fraction of sp³-hybridized carbons (Fsp3) is 0.222. The number of amides is 1. The topological polar surface area (TPSA) is 50.7 Å². The third-order valence-electron chi connectivity index (χ3n) is 3.10. The van der Waals surface area contributed by atoms with Crippen LogP contribution in [0.1, 0.15) is 23.6 Å². The first-order valence-electron chi connectivity index (χ1n) is 7.24. The summed E-state index contributed by atoms with van der Waals surface area (Å²) in [5.41, 5.74) is 3.92. The van der Waals surface area contributed by atoms with E-state index >= 15 is 0 Å². The molecule has 114 valence electrons.